The maximum atomic E-state index is 4.95. The van der Waals surface area contributed by atoms with E-state index < -0.39 is 0 Å². The van der Waals surface area contributed by atoms with Gasteiger partial charge in [0.25, 0.3) is 0 Å². The van der Waals surface area contributed by atoms with Crippen LogP contribution in [-0.4, -0.2) is 21.7 Å². The van der Waals surface area contributed by atoms with Gasteiger partial charge in [-0.25, -0.2) is 9.50 Å². The van der Waals surface area contributed by atoms with Gasteiger partial charge in [-0.05, 0) is 15.9 Å². The van der Waals surface area contributed by atoms with Crippen LogP contribution in [-0.2, 0) is 0 Å². The molecule has 0 saturated heterocycles. The van der Waals surface area contributed by atoms with E-state index in [2.05, 4.69) is 26.0 Å². The van der Waals surface area contributed by atoms with Gasteiger partial charge in [0.2, 0.25) is 5.88 Å². The fourth-order valence-electron chi connectivity index (χ4n) is 0.932. The first-order valence-electron chi connectivity index (χ1n) is 3.34. The number of nitrogens with zero attached hydrogens (tertiary/aromatic N) is 3. The zero-order chi connectivity index (χ0) is 8.55. The van der Waals surface area contributed by atoms with Gasteiger partial charge in [-0.1, -0.05) is 0 Å². The number of halogens is 1. The fraction of sp³-hybridized carbons (Fsp3) is 0.143. The molecule has 62 valence electrons. The molecule has 5 heteroatoms. The summed E-state index contributed by atoms with van der Waals surface area (Å²) in [5.74, 6) is 0.570. The minimum Gasteiger partial charge on any atom is -0.480 e. The molecule has 0 aliphatic heterocycles. The second kappa shape index (κ2) is 2.75. The highest BCUT2D eigenvalue weighted by atomic mass is 79.9. The molecule has 0 amide bonds. The standard InChI is InChI=1S/C7H6BrN3O/c1-12-7-2-6-9-3-5(8)4-11(6)10-7/h2-4H,1H3. The minimum atomic E-state index is 0.570. The Morgan fingerprint density at radius 3 is 3.17 bits per heavy atom. The molecule has 0 saturated carbocycles. The van der Waals surface area contributed by atoms with Crippen LogP contribution >= 0.6 is 15.9 Å². The van der Waals surface area contributed by atoms with Crippen molar-refractivity contribution in [2.24, 2.45) is 0 Å². The highest BCUT2D eigenvalue weighted by Gasteiger charge is 2.01. The van der Waals surface area contributed by atoms with Gasteiger partial charge in [0.15, 0.2) is 5.65 Å². The van der Waals surface area contributed by atoms with Crippen LogP contribution in [0.15, 0.2) is 22.9 Å². The van der Waals surface area contributed by atoms with Crippen LogP contribution in [0.25, 0.3) is 5.65 Å². The summed E-state index contributed by atoms with van der Waals surface area (Å²) in [6, 6.07) is 1.77. The molecular formula is C7H6BrN3O. The van der Waals surface area contributed by atoms with Crippen molar-refractivity contribution in [1.29, 1.82) is 0 Å². The summed E-state index contributed by atoms with van der Waals surface area (Å²) in [4.78, 5) is 4.12. The largest absolute Gasteiger partial charge is 0.480 e. The number of rotatable bonds is 1. The summed E-state index contributed by atoms with van der Waals surface area (Å²) in [5, 5.41) is 4.09. The van der Waals surface area contributed by atoms with Gasteiger partial charge in [0, 0.05) is 18.5 Å². The van der Waals surface area contributed by atoms with Crippen molar-refractivity contribution in [3.63, 3.8) is 0 Å². The number of hydrogen-bond acceptors (Lipinski definition) is 3. The molecule has 12 heavy (non-hydrogen) atoms. The summed E-state index contributed by atoms with van der Waals surface area (Å²) < 4.78 is 7.50. The number of hydrogen-bond donors (Lipinski definition) is 0. The van der Waals surface area contributed by atoms with E-state index in [0.29, 0.717) is 5.88 Å². The van der Waals surface area contributed by atoms with Crippen molar-refractivity contribution < 1.29 is 4.74 Å². The average molecular weight is 228 g/mol. The maximum absolute atomic E-state index is 4.95. The van der Waals surface area contributed by atoms with Crippen LogP contribution in [0.1, 0.15) is 0 Å². The van der Waals surface area contributed by atoms with Gasteiger partial charge < -0.3 is 4.74 Å². The van der Waals surface area contributed by atoms with Gasteiger partial charge in [0.1, 0.15) is 0 Å². The molecule has 0 fully saturated rings. The van der Waals surface area contributed by atoms with Gasteiger partial charge in [-0.15, -0.1) is 5.10 Å². The van der Waals surface area contributed by atoms with E-state index in [1.807, 2.05) is 6.20 Å². The smallest absolute Gasteiger partial charge is 0.235 e. The van der Waals surface area contributed by atoms with Gasteiger partial charge in [-0.2, -0.15) is 0 Å². The molecule has 0 atom stereocenters. The van der Waals surface area contributed by atoms with Crippen LogP contribution in [0.4, 0.5) is 0 Å². The van der Waals surface area contributed by atoms with E-state index in [0.717, 1.165) is 10.1 Å². The van der Waals surface area contributed by atoms with Gasteiger partial charge >= 0.3 is 0 Å². The Balaban J connectivity index is 2.67. The summed E-state index contributed by atoms with van der Waals surface area (Å²) >= 11 is 3.30. The van der Waals surface area contributed by atoms with E-state index in [1.54, 1.807) is 23.9 Å². The van der Waals surface area contributed by atoms with Crippen molar-refractivity contribution in [2.45, 2.75) is 0 Å². The molecule has 0 unspecified atom stereocenters. The predicted octanol–water partition coefficient (Wildman–Crippen LogP) is 1.50. The van der Waals surface area contributed by atoms with Crippen molar-refractivity contribution in [3.05, 3.63) is 22.9 Å². The molecular weight excluding hydrogens is 222 g/mol. The lowest BCUT2D eigenvalue weighted by molar-refractivity contribution is 0.395. The normalized spacial score (nSPS) is 10.5. The summed E-state index contributed by atoms with van der Waals surface area (Å²) in [7, 11) is 1.58. The first-order valence-corrected chi connectivity index (χ1v) is 4.14. The Morgan fingerprint density at radius 2 is 2.42 bits per heavy atom. The monoisotopic (exact) mass is 227 g/mol. The highest BCUT2D eigenvalue weighted by molar-refractivity contribution is 9.10. The Labute approximate surface area is 77.3 Å². The molecule has 0 spiro atoms. The third-order valence-corrected chi connectivity index (χ3v) is 1.88. The van der Waals surface area contributed by atoms with Crippen LogP contribution in [0, 0.1) is 0 Å². The Hall–Kier alpha value is -1.10. The molecule has 0 bridgehead atoms. The predicted molar refractivity (Wildman–Crippen MR) is 47.2 cm³/mol. The number of fused-ring (bicyclic) bond motifs is 1. The molecule has 0 aromatic carbocycles. The van der Waals surface area contributed by atoms with Crippen molar-refractivity contribution in [1.82, 2.24) is 14.6 Å². The van der Waals surface area contributed by atoms with Crippen LogP contribution in [0.2, 0.25) is 0 Å². The molecule has 2 aromatic rings. The molecule has 4 nitrogen and oxygen atoms in total. The topological polar surface area (TPSA) is 39.4 Å². The number of aromatic nitrogens is 3. The van der Waals surface area contributed by atoms with Gasteiger partial charge in [-0.3, -0.25) is 0 Å². The summed E-state index contributed by atoms with van der Waals surface area (Å²) in [5.41, 5.74) is 0.773. The first-order chi connectivity index (χ1) is 5.79. The molecule has 0 aliphatic carbocycles. The highest BCUT2D eigenvalue weighted by Crippen LogP contribution is 2.13. The zero-order valence-corrected chi connectivity index (χ0v) is 7.95. The minimum absolute atomic E-state index is 0.570. The molecule has 2 heterocycles. The van der Waals surface area contributed by atoms with Crippen LogP contribution in [0.5, 0.6) is 5.88 Å². The first kappa shape index (κ1) is 7.54. The molecule has 0 N–H and O–H groups in total. The molecule has 0 radical (unpaired) electrons. The van der Waals surface area contributed by atoms with E-state index in [-0.39, 0.29) is 0 Å². The second-order valence-electron chi connectivity index (χ2n) is 2.26. The maximum Gasteiger partial charge on any atom is 0.235 e. The van der Waals surface area contributed by atoms with Crippen molar-refractivity contribution >= 4 is 21.6 Å². The third-order valence-electron chi connectivity index (χ3n) is 1.47. The summed E-state index contributed by atoms with van der Waals surface area (Å²) in [6.45, 7) is 0. The lowest BCUT2D eigenvalue weighted by Crippen LogP contribution is -1.89. The Kier molecular flexibility index (Phi) is 1.73. The molecule has 2 aromatic heterocycles. The number of methoxy groups -OCH3 is 1. The third kappa shape index (κ3) is 1.16. The van der Waals surface area contributed by atoms with E-state index >= 15 is 0 Å². The van der Waals surface area contributed by atoms with Crippen LogP contribution in [0.3, 0.4) is 0 Å². The average Bonchev–Trinajstić information content (AvgIpc) is 2.46. The molecule has 0 aliphatic rings. The van der Waals surface area contributed by atoms with Crippen molar-refractivity contribution in [2.75, 3.05) is 7.11 Å². The number of ether oxygens (including phenoxy) is 1. The van der Waals surface area contributed by atoms with Gasteiger partial charge in [0.05, 0.1) is 11.6 Å². The van der Waals surface area contributed by atoms with Crippen molar-refractivity contribution in [3.8, 4) is 5.88 Å². The lowest BCUT2D eigenvalue weighted by Gasteiger charge is -1.90. The molecule has 2 rings (SSSR count). The zero-order valence-electron chi connectivity index (χ0n) is 6.36. The Morgan fingerprint density at radius 1 is 1.58 bits per heavy atom. The fourth-order valence-corrected chi connectivity index (χ4v) is 1.23. The quantitative estimate of drug-likeness (QED) is 0.742. The SMILES string of the molecule is COc1cc2ncc(Br)cn2n1. The summed E-state index contributed by atoms with van der Waals surface area (Å²) in [6.07, 6.45) is 3.54. The van der Waals surface area contributed by atoms with Crippen LogP contribution < -0.4 is 4.74 Å². The van der Waals surface area contributed by atoms with E-state index in [9.17, 15) is 0 Å². The Bertz CT molecular complexity index is 412. The lowest BCUT2D eigenvalue weighted by atomic mass is 10.6. The van der Waals surface area contributed by atoms with E-state index in [1.165, 1.54) is 0 Å². The van der Waals surface area contributed by atoms with E-state index in [4.69, 9.17) is 4.74 Å². The second-order valence-corrected chi connectivity index (χ2v) is 3.18.